The minimum atomic E-state index is -1.08. The maximum absolute atomic E-state index is 9.64. The van der Waals surface area contributed by atoms with Gasteiger partial charge in [-0.15, -0.1) is 0 Å². The van der Waals surface area contributed by atoms with Crippen LogP contribution in [0.25, 0.3) is 0 Å². The highest BCUT2D eigenvalue weighted by atomic mass is 16.4. The Balaban J connectivity index is -0.000000188. The molecule has 17 heavy (non-hydrogen) atoms. The van der Waals surface area contributed by atoms with Crippen LogP contribution in [0, 0.1) is 0 Å². The van der Waals surface area contributed by atoms with E-state index in [1.54, 1.807) is 0 Å². The van der Waals surface area contributed by atoms with Crippen molar-refractivity contribution in [1.29, 1.82) is 0 Å². The average molecular weight is 254 g/mol. The fourth-order valence-corrected chi connectivity index (χ4v) is 0.214. The minimum absolute atomic E-state index is 0.139. The van der Waals surface area contributed by atoms with Crippen molar-refractivity contribution < 1.29 is 39.9 Å². The van der Waals surface area contributed by atoms with E-state index in [1.165, 1.54) is 6.92 Å². The van der Waals surface area contributed by atoms with Crippen molar-refractivity contribution in [2.45, 2.75) is 32.8 Å². The minimum Gasteiger partial charge on any atom is -0.481 e. The molecule has 0 aliphatic rings. The summed E-state index contributed by atoms with van der Waals surface area (Å²) in [6, 6.07) is 0. The number of aliphatic hydroxyl groups is 2. The molecule has 0 rings (SSSR count). The number of aliphatic carboxylic acids is 3. The van der Waals surface area contributed by atoms with Crippen LogP contribution in [-0.2, 0) is 14.4 Å². The Labute approximate surface area is 98.1 Å². The highest BCUT2D eigenvalue weighted by molar-refractivity contribution is 5.75. The molecule has 0 aliphatic carbocycles. The molecule has 0 amide bonds. The average Bonchev–Trinajstić information content (AvgIpc) is 2.14. The molecule has 0 aromatic rings. The molecule has 8 nitrogen and oxygen atoms in total. The summed E-state index contributed by atoms with van der Waals surface area (Å²) in [6.45, 7) is 2.47. The van der Waals surface area contributed by atoms with Crippen molar-refractivity contribution in [3.63, 3.8) is 0 Å². The van der Waals surface area contributed by atoms with Crippen molar-refractivity contribution >= 4 is 17.9 Å². The highest BCUT2D eigenvalue weighted by Gasteiger charge is 2.00. The summed E-state index contributed by atoms with van der Waals surface area (Å²) < 4.78 is 0. The second kappa shape index (κ2) is 14.3. The van der Waals surface area contributed by atoms with Crippen molar-refractivity contribution in [2.75, 3.05) is 6.61 Å². The first-order valence-corrected chi connectivity index (χ1v) is 4.55. The first kappa shape index (κ1) is 20.7. The van der Waals surface area contributed by atoms with Gasteiger partial charge < -0.3 is 25.5 Å². The maximum atomic E-state index is 9.64. The lowest BCUT2D eigenvalue weighted by atomic mass is 10.3. The number of aliphatic hydroxyl groups excluding tert-OH is 2. The molecule has 0 aromatic carbocycles. The molecule has 0 spiro atoms. The van der Waals surface area contributed by atoms with Gasteiger partial charge in [-0.25, -0.2) is 0 Å². The van der Waals surface area contributed by atoms with E-state index in [4.69, 9.17) is 30.3 Å². The molecule has 8 heteroatoms. The first-order chi connectivity index (χ1) is 7.63. The Morgan fingerprint density at radius 3 is 1.24 bits per heavy atom. The largest absolute Gasteiger partial charge is 0.481 e. The normalized spacial score (nSPS) is 9.88. The molecule has 1 unspecified atom stereocenters. The number of carbonyl (C=O) groups is 3. The van der Waals surface area contributed by atoms with Crippen LogP contribution in [0.1, 0.15) is 26.7 Å². The molecule has 1 atom stereocenters. The molecule has 0 fully saturated rings. The van der Waals surface area contributed by atoms with Crippen molar-refractivity contribution in [3.05, 3.63) is 0 Å². The number of carboxylic acids is 3. The van der Waals surface area contributed by atoms with Gasteiger partial charge in [-0.05, 0) is 6.92 Å². The van der Waals surface area contributed by atoms with Gasteiger partial charge >= 0.3 is 11.9 Å². The van der Waals surface area contributed by atoms with E-state index >= 15 is 0 Å². The molecule has 0 aliphatic heterocycles. The van der Waals surface area contributed by atoms with E-state index in [9.17, 15) is 9.59 Å². The van der Waals surface area contributed by atoms with Crippen molar-refractivity contribution in [3.8, 4) is 0 Å². The Morgan fingerprint density at radius 1 is 1.00 bits per heavy atom. The fourth-order valence-electron chi connectivity index (χ4n) is 0.214. The zero-order chi connectivity index (χ0) is 14.4. The topological polar surface area (TPSA) is 152 Å². The van der Waals surface area contributed by atoms with Gasteiger partial charge in [0.25, 0.3) is 5.97 Å². The smallest absolute Gasteiger partial charge is 0.303 e. The first-order valence-electron chi connectivity index (χ1n) is 4.55. The third-order valence-electron chi connectivity index (χ3n) is 0.817. The van der Waals surface area contributed by atoms with Gasteiger partial charge in [0, 0.05) is 6.92 Å². The zero-order valence-corrected chi connectivity index (χ0v) is 9.66. The third-order valence-corrected chi connectivity index (χ3v) is 0.817. The molecule has 102 valence electrons. The third kappa shape index (κ3) is 76.7. The van der Waals surface area contributed by atoms with E-state index in [0.29, 0.717) is 0 Å². The van der Waals surface area contributed by atoms with Crippen LogP contribution in [0.3, 0.4) is 0 Å². The molecule has 0 saturated heterocycles. The van der Waals surface area contributed by atoms with Crippen LogP contribution in [0.15, 0.2) is 0 Å². The van der Waals surface area contributed by atoms with E-state index in [2.05, 4.69) is 0 Å². The second-order valence-electron chi connectivity index (χ2n) is 2.84. The van der Waals surface area contributed by atoms with Gasteiger partial charge in [0.1, 0.15) is 0 Å². The summed E-state index contributed by atoms with van der Waals surface area (Å²) in [7, 11) is 0. The zero-order valence-electron chi connectivity index (χ0n) is 9.66. The lowest BCUT2D eigenvalue weighted by Gasteiger charge is -1.90. The number of carboxylic acid groups (broad SMARTS) is 3. The van der Waals surface area contributed by atoms with Gasteiger partial charge in [0.05, 0.1) is 25.6 Å². The summed E-state index contributed by atoms with van der Waals surface area (Å²) in [5.41, 5.74) is 0. The summed E-state index contributed by atoms with van der Waals surface area (Å²) in [5, 5.41) is 39.2. The Bertz CT molecular complexity index is 205. The quantitative estimate of drug-likeness (QED) is 0.445. The van der Waals surface area contributed by atoms with Gasteiger partial charge in [-0.1, -0.05) is 0 Å². The van der Waals surface area contributed by atoms with Crippen LogP contribution < -0.4 is 0 Å². The Hall–Kier alpha value is -1.67. The summed E-state index contributed by atoms with van der Waals surface area (Å²) >= 11 is 0. The van der Waals surface area contributed by atoms with Crippen LogP contribution >= 0.6 is 0 Å². The second-order valence-corrected chi connectivity index (χ2v) is 2.84. The fraction of sp³-hybridized carbons (Fsp3) is 0.667. The van der Waals surface area contributed by atoms with E-state index in [-0.39, 0.29) is 19.4 Å². The molecular formula is C9H18O8. The maximum Gasteiger partial charge on any atom is 0.303 e. The van der Waals surface area contributed by atoms with E-state index in [0.717, 1.165) is 6.92 Å². The van der Waals surface area contributed by atoms with E-state index in [1.807, 2.05) is 0 Å². The van der Waals surface area contributed by atoms with Crippen LogP contribution in [0.5, 0.6) is 0 Å². The predicted molar refractivity (Wildman–Crippen MR) is 56.6 cm³/mol. The summed E-state index contributed by atoms with van der Waals surface area (Å²) in [4.78, 5) is 28.3. The van der Waals surface area contributed by atoms with Gasteiger partial charge in [0.2, 0.25) is 0 Å². The summed E-state index contributed by atoms with van der Waals surface area (Å²) in [5.74, 6) is -2.99. The lowest BCUT2D eigenvalue weighted by molar-refractivity contribution is -0.143. The van der Waals surface area contributed by atoms with Gasteiger partial charge in [0.15, 0.2) is 0 Å². The van der Waals surface area contributed by atoms with Crippen LogP contribution in [0.2, 0.25) is 0 Å². The molecule has 0 aromatic heterocycles. The Morgan fingerprint density at radius 2 is 1.18 bits per heavy atom. The molecular weight excluding hydrogens is 236 g/mol. The number of hydrogen-bond acceptors (Lipinski definition) is 5. The van der Waals surface area contributed by atoms with Gasteiger partial charge in [-0.2, -0.15) is 0 Å². The van der Waals surface area contributed by atoms with Crippen molar-refractivity contribution in [1.82, 2.24) is 0 Å². The van der Waals surface area contributed by atoms with Gasteiger partial charge in [-0.3, -0.25) is 14.4 Å². The van der Waals surface area contributed by atoms with Crippen molar-refractivity contribution in [2.24, 2.45) is 0 Å². The monoisotopic (exact) mass is 254 g/mol. The highest BCUT2D eigenvalue weighted by Crippen LogP contribution is 1.86. The SMILES string of the molecule is CC(=O)O.CC(O)CO.O=C(O)CCC(=O)O. The lowest BCUT2D eigenvalue weighted by Crippen LogP contribution is -2.03. The van der Waals surface area contributed by atoms with E-state index < -0.39 is 24.0 Å². The molecule has 5 N–H and O–H groups in total. The molecule has 0 saturated carbocycles. The predicted octanol–water partition coefficient (Wildman–Crippen LogP) is -0.614. The molecule has 0 heterocycles. The molecule has 0 bridgehead atoms. The van der Waals surface area contributed by atoms with Crippen LogP contribution in [-0.4, -0.2) is 56.2 Å². The standard InChI is InChI=1S/C4H6O4.C3H8O2.C2H4O2/c5-3(6)1-2-4(7)8;1-3(5)2-4;1-2(3)4/h1-2H2,(H,5,6)(H,7,8);3-5H,2H2,1H3;1H3,(H,3,4). The Kier molecular flexibility index (Phi) is 17.5. The molecule has 0 radical (unpaired) electrons. The number of rotatable bonds is 4. The summed E-state index contributed by atoms with van der Waals surface area (Å²) in [6.07, 6.45) is -1.15. The van der Waals surface area contributed by atoms with Crippen LogP contribution in [0.4, 0.5) is 0 Å². The number of hydrogen-bond donors (Lipinski definition) is 5.